The lowest BCUT2D eigenvalue weighted by Crippen LogP contribution is -2.29. The lowest BCUT2D eigenvalue weighted by Gasteiger charge is -2.19. The van der Waals surface area contributed by atoms with Crippen molar-refractivity contribution in [3.8, 4) is 11.3 Å². The predicted molar refractivity (Wildman–Crippen MR) is 85.3 cm³/mol. The van der Waals surface area contributed by atoms with Crippen molar-refractivity contribution < 1.29 is 0 Å². The molecular formula is C15H22N6. The summed E-state index contributed by atoms with van der Waals surface area (Å²) in [6, 6.07) is 4.61. The van der Waals surface area contributed by atoms with E-state index >= 15 is 0 Å². The Morgan fingerprint density at radius 1 is 1.38 bits per heavy atom. The summed E-state index contributed by atoms with van der Waals surface area (Å²) in [5.41, 5.74) is 10.2. The second kappa shape index (κ2) is 5.37. The van der Waals surface area contributed by atoms with Gasteiger partial charge in [-0.3, -0.25) is 4.68 Å². The van der Waals surface area contributed by atoms with Gasteiger partial charge in [0.1, 0.15) is 5.82 Å². The van der Waals surface area contributed by atoms with Gasteiger partial charge in [-0.25, -0.2) is 4.98 Å². The Hall–Kier alpha value is -2.08. The molecule has 0 bridgehead atoms. The summed E-state index contributed by atoms with van der Waals surface area (Å²) in [7, 11) is 3.95. The van der Waals surface area contributed by atoms with E-state index in [2.05, 4.69) is 26.4 Å². The molecule has 112 valence electrons. The number of nitrogens with one attached hydrogen (secondary N) is 1. The number of rotatable bonds is 3. The minimum atomic E-state index is 0.544. The first-order valence-electron chi connectivity index (χ1n) is 7.27. The number of likely N-dealkylation sites (N-methyl/N-ethyl adjacent to an activating group) is 1. The largest absolute Gasteiger partial charge is 0.384 e. The maximum absolute atomic E-state index is 6.01. The van der Waals surface area contributed by atoms with E-state index in [1.54, 1.807) is 0 Å². The number of anilines is 2. The van der Waals surface area contributed by atoms with Crippen molar-refractivity contribution in [2.45, 2.75) is 19.4 Å². The van der Waals surface area contributed by atoms with Crippen molar-refractivity contribution in [1.29, 1.82) is 0 Å². The van der Waals surface area contributed by atoms with Gasteiger partial charge in [-0.05, 0) is 26.5 Å². The molecule has 0 aromatic carbocycles. The van der Waals surface area contributed by atoms with Gasteiger partial charge >= 0.3 is 0 Å². The summed E-state index contributed by atoms with van der Waals surface area (Å²) in [4.78, 5) is 6.83. The lowest BCUT2D eigenvalue weighted by molar-refractivity contribution is 0.617. The van der Waals surface area contributed by atoms with Crippen molar-refractivity contribution in [2.24, 2.45) is 7.05 Å². The Kier molecular flexibility index (Phi) is 3.55. The number of hydrogen-bond donors (Lipinski definition) is 2. The summed E-state index contributed by atoms with van der Waals surface area (Å²) in [6.45, 7) is 4.09. The molecule has 0 aliphatic carbocycles. The van der Waals surface area contributed by atoms with Crippen LogP contribution in [0.25, 0.3) is 11.3 Å². The highest BCUT2D eigenvalue weighted by Crippen LogP contribution is 2.28. The van der Waals surface area contributed by atoms with E-state index < -0.39 is 0 Å². The molecule has 3 heterocycles. The van der Waals surface area contributed by atoms with Crippen LogP contribution >= 0.6 is 0 Å². The maximum atomic E-state index is 6.01. The van der Waals surface area contributed by atoms with Gasteiger partial charge in [0, 0.05) is 49.2 Å². The van der Waals surface area contributed by atoms with Crippen LogP contribution in [0.1, 0.15) is 12.1 Å². The van der Waals surface area contributed by atoms with Gasteiger partial charge in [0.05, 0.1) is 11.9 Å². The number of nitrogens with two attached hydrogens (primary N) is 1. The highest BCUT2D eigenvalue weighted by atomic mass is 15.3. The van der Waals surface area contributed by atoms with Crippen molar-refractivity contribution in [1.82, 2.24) is 20.1 Å². The molecule has 1 atom stereocenters. The zero-order valence-electron chi connectivity index (χ0n) is 12.8. The predicted octanol–water partition coefficient (Wildman–Crippen LogP) is 1.17. The quantitative estimate of drug-likeness (QED) is 0.886. The van der Waals surface area contributed by atoms with E-state index in [-0.39, 0.29) is 0 Å². The number of hydrogen-bond acceptors (Lipinski definition) is 5. The van der Waals surface area contributed by atoms with E-state index in [1.807, 2.05) is 38.0 Å². The number of aromatic nitrogens is 3. The first-order chi connectivity index (χ1) is 10.1. The molecule has 0 unspecified atom stereocenters. The standard InChI is InChI=1S/C15H22N6/c1-10-13(8-18-20(10)3)14-6-12(7-15(16)19-14)21-5-4-11(9-21)17-2/h6-8,11,17H,4-5,9H2,1-3H3,(H2,16,19)/t11-/m1/s1. The second-order valence-electron chi connectivity index (χ2n) is 5.62. The number of aryl methyl sites for hydroxylation is 1. The number of nitrogens with zero attached hydrogens (tertiary/aromatic N) is 4. The van der Waals surface area contributed by atoms with Crippen molar-refractivity contribution in [3.05, 3.63) is 24.0 Å². The molecule has 2 aromatic heterocycles. The zero-order chi connectivity index (χ0) is 15.0. The summed E-state index contributed by atoms with van der Waals surface area (Å²) >= 11 is 0. The van der Waals surface area contributed by atoms with Crippen LogP contribution in [0, 0.1) is 6.92 Å². The SMILES string of the molecule is CN[C@@H]1CCN(c2cc(N)nc(-c3cnn(C)c3C)c2)C1. The van der Waals surface area contributed by atoms with Crippen LogP contribution in [0.3, 0.4) is 0 Å². The molecule has 6 heteroatoms. The molecule has 6 nitrogen and oxygen atoms in total. The van der Waals surface area contributed by atoms with Crippen LogP contribution in [0.4, 0.5) is 11.5 Å². The molecular weight excluding hydrogens is 264 g/mol. The average molecular weight is 286 g/mol. The van der Waals surface area contributed by atoms with E-state index in [4.69, 9.17) is 5.73 Å². The number of nitrogen functional groups attached to an aromatic ring is 1. The minimum absolute atomic E-state index is 0.544. The van der Waals surface area contributed by atoms with Gasteiger partial charge in [0.25, 0.3) is 0 Å². The van der Waals surface area contributed by atoms with Crippen LogP contribution in [-0.2, 0) is 7.05 Å². The van der Waals surface area contributed by atoms with Crippen LogP contribution in [0.5, 0.6) is 0 Å². The van der Waals surface area contributed by atoms with Crippen LogP contribution in [-0.4, -0.2) is 40.9 Å². The molecule has 1 aliphatic rings. The third-order valence-corrected chi connectivity index (χ3v) is 4.30. The summed E-state index contributed by atoms with van der Waals surface area (Å²) < 4.78 is 1.85. The van der Waals surface area contributed by atoms with Crippen LogP contribution in [0.15, 0.2) is 18.3 Å². The Morgan fingerprint density at radius 3 is 2.81 bits per heavy atom. The molecule has 0 spiro atoms. The van der Waals surface area contributed by atoms with Gasteiger partial charge in [0.2, 0.25) is 0 Å². The molecule has 0 radical (unpaired) electrons. The molecule has 0 saturated carbocycles. The molecule has 1 saturated heterocycles. The highest BCUT2D eigenvalue weighted by molar-refractivity contribution is 5.69. The normalized spacial score (nSPS) is 18.4. The highest BCUT2D eigenvalue weighted by Gasteiger charge is 2.22. The van der Waals surface area contributed by atoms with Crippen LogP contribution in [0.2, 0.25) is 0 Å². The lowest BCUT2D eigenvalue weighted by atomic mass is 10.1. The fraction of sp³-hybridized carbons (Fsp3) is 0.467. The Balaban J connectivity index is 1.95. The molecule has 21 heavy (non-hydrogen) atoms. The third-order valence-electron chi connectivity index (χ3n) is 4.30. The summed E-state index contributed by atoms with van der Waals surface area (Å²) in [6.07, 6.45) is 3.00. The average Bonchev–Trinajstić information content (AvgIpc) is 3.06. The van der Waals surface area contributed by atoms with E-state index in [1.165, 1.54) is 0 Å². The Morgan fingerprint density at radius 2 is 2.19 bits per heavy atom. The second-order valence-corrected chi connectivity index (χ2v) is 5.62. The van der Waals surface area contributed by atoms with Gasteiger partial charge in [-0.1, -0.05) is 0 Å². The van der Waals surface area contributed by atoms with Crippen LogP contribution < -0.4 is 16.0 Å². The molecule has 1 fully saturated rings. The molecule has 0 amide bonds. The van der Waals surface area contributed by atoms with Gasteiger partial charge in [-0.2, -0.15) is 5.10 Å². The zero-order valence-corrected chi connectivity index (χ0v) is 12.8. The Labute approximate surface area is 125 Å². The number of pyridine rings is 1. The van der Waals surface area contributed by atoms with E-state index in [9.17, 15) is 0 Å². The smallest absolute Gasteiger partial charge is 0.126 e. The molecule has 1 aliphatic heterocycles. The van der Waals surface area contributed by atoms with E-state index in [0.29, 0.717) is 11.9 Å². The molecule has 3 N–H and O–H groups in total. The van der Waals surface area contributed by atoms with Crippen molar-refractivity contribution >= 4 is 11.5 Å². The fourth-order valence-electron chi connectivity index (χ4n) is 2.84. The third kappa shape index (κ3) is 2.58. The monoisotopic (exact) mass is 286 g/mol. The Bertz CT molecular complexity index is 648. The first kappa shape index (κ1) is 13.9. The minimum Gasteiger partial charge on any atom is -0.384 e. The van der Waals surface area contributed by atoms with Gasteiger partial charge in [0.15, 0.2) is 0 Å². The first-order valence-corrected chi connectivity index (χ1v) is 7.27. The fourth-order valence-corrected chi connectivity index (χ4v) is 2.84. The van der Waals surface area contributed by atoms with Crippen molar-refractivity contribution in [2.75, 3.05) is 30.8 Å². The van der Waals surface area contributed by atoms with Gasteiger partial charge < -0.3 is 16.0 Å². The molecule has 3 rings (SSSR count). The summed E-state index contributed by atoms with van der Waals surface area (Å²) in [5, 5.41) is 7.62. The van der Waals surface area contributed by atoms with E-state index in [0.717, 1.165) is 42.1 Å². The maximum Gasteiger partial charge on any atom is 0.126 e. The summed E-state index contributed by atoms with van der Waals surface area (Å²) in [5.74, 6) is 0.554. The molecule has 2 aromatic rings. The topological polar surface area (TPSA) is 72.0 Å². The van der Waals surface area contributed by atoms with Gasteiger partial charge in [-0.15, -0.1) is 0 Å². The van der Waals surface area contributed by atoms with Crippen molar-refractivity contribution in [3.63, 3.8) is 0 Å².